The summed E-state index contributed by atoms with van der Waals surface area (Å²) in [4.78, 5) is 13.0. The van der Waals surface area contributed by atoms with Crippen molar-refractivity contribution < 1.29 is 9.50 Å². The normalized spacial score (nSPS) is 10.6. The summed E-state index contributed by atoms with van der Waals surface area (Å²) in [5, 5.41) is 15.3. The van der Waals surface area contributed by atoms with Crippen molar-refractivity contribution in [2.75, 3.05) is 23.8 Å². The maximum absolute atomic E-state index is 13.2. The quantitative estimate of drug-likeness (QED) is 0.545. The first-order valence-electron chi connectivity index (χ1n) is 8.02. The van der Waals surface area contributed by atoms with Gasteiger partial charge in [0.25, 0.3) is 0 Å². The third-order valence-electron chi connectivity index (χ3n) is 3.50. The van der Waals surface area contributed by atoms with Gasteiger partial charge in [-0.05, 0) is 36.8 Å². The fourth-order valence-electron chi connectivity index (χ4n) is 2.26. The van der Waals surface area contributed by atoms with Crippen molar-refractivity contribution in [3.63, 3.8) is 0 Å². The molecular weight excluding hydrogens is 357 g/mol. The molecule has 2 heterocycles. The van der Waals surface area contributed by atoms with Gasteiger partial charge < -0.3 is 15.7 Å². The van der Waals surface area contributed by atoms with E-state index < -0.39 is 5.82 Å². The van der Waals surface area contributed by atoms with Crippen LogP contribution in [0.2, 0.25) is 5.02 Å². The van der Waals surface area contributed by atoms with Crippen LogP contribution in [0.1, 0.15) is 6.42 Å². The number of anilines is 3. The first kappa shape index (κ1) is 18.0. The molecule has 8 heteroatoms. The van der Waals surface area contributed by atoms with Crippen LogP contribution in [-0.2, 0) is 0 Å². The molecule has 6 nitrogen and oxygen atoms in total. The predicted molar refractivity (Wildman–Crippen MR) is 100 cm³/mol. The Morgan fingerprint density at radius 1 is 1.15 bits per heavy atom. The van der Waals surface area contributed by atoms with Gasteiger partial charge in [-0.15, -0.1) is 0 Å². The number of rotatable bonds is 7. The van der Waals surface area contributed by atoms with Crippen LogP contribution in [0.25, 0.3) is 11.3 Å². The van der Waals surface area contributed by atoms with Crippen LogP contribution in [0.5, 0.6) is 0 Å². The molecule has 0 bridgehead atoms. The maximum Gasteiger partial charge on any atom is 0.225 e. The molecule has 2 aromatic heterocycles. The Morgan fingerprint density at radius 2 is 2.04 bits per heavy atom. The molecule has 0 saturated carbocycles. The zero-order chi connectivity index (χ0) is 18.4. The average Bonchev–Trinajstić information content (AvgIpc) is 2.65. The first-order valence-corrected chi connectivity index (χ1v) is 8.40. The van der Waals surface area contributed by atoms with Gasteiger partial charge in [0, 0.05) is 37.2 Å². The van der Waals surface area contributed by atoms with Gasteiger partial charge in [-0.1, -0.05) is 11.6 Å². The zero-order valence-electron chi connectivity index (χ0n) is 13.8. The summed E-state index contributed by atoms with van der Waals surface area (Å²) in [6, 6.07) is 9.56. The molecular formula is C18H17ClFN5O. The number of hydrogen-bond acceptors (Lipinski definition) is 6. The molecule has 26 heavy (non-hydrogen) atoms. The number of nitrogens with zero attached hydrogens (tertiary/aromatic N) is 3. The molecule has 0 aliphatic carbocycles. The van der Waals surface area contributed by atoms with E-state index in [0.29, 0.717) is 36.1 Å². The van der Waals surface area contributed by atoms with Crippen LogP contribution in [0.15, 0.2) is 48.8 Å². The standard InChI is InChI=1S/C18H17ClFN5O/c19-14-9-13(20)4-5-15(14)23-17-10-16(12-3-1-6-21-11-12)24-18(25-17)22-7-2-8-26/h1,3-6,9-11,26H,2,7-8H2,(H2,22,23,24,25). The Balaban J connectivity index is 1.93. The molecule has 0 aliphatic rings. The van der Waals surface area contributed by atoms with Gasteiger partial charge in [0.05, 0.1) is 16.4 Å². The Kier molecular flexibility index (Phi) is 5.93. The lowest BCUT2D eigenvalue weighted by atomic mass is 10.2. The number of aliphatic hydroxyl groups is 1. The highest BCUT2D eigenvalue weighted by Gasteiger charge is 2.09. The summed E-state index contributed by atoms with van der Waals surface area (Å²) >= 11 is 6.08. The van der Waals surface area contributed by atoms with Crippen LogP contribution < -0.4 is 10.6 Å². The fraction of sp³-hybridized carbons (Fsp3) is 0.167. The molecule has 0 amide bonds. The van der Waals surface area contributed by atoms with E-state index in [0.717, 1.165) is 5.56 Å². The van der Waals surface area contributed by atoms with Crippen molar-refractivity contribution in [3.8, 4) is 11.3 Å². The SMILES string of the molecule is OCCCNc1nc(Nc2ccc(F)cc2Cl)cc(-c2cccnc2)n1. The largest absolute Gasteiger partial charge is 0.396 e. The van der Waals surface area contributed by atoms with Crippen molar-refractivity contribution in [2.45, 2.75) is 6.42 Å². The molecule has 1 aromatic carbocycles. The van der Waals surface area contributed by atoms with Crippen molar-refractivity contribution in [1.29, 1.82) is 0 Å². The lowest BCUT2D eigenvalue weighted by Gasteiger charge is -2.12. The van der Waals surface area contributed by atoms with Crippen LogP contribution in [0.4, 0.5) is 21.8 Å². The second-order valence-corrected chi connectivity index (χ2v) is 5.86. The van der Waals surface area contributed by atoms with E-state index in [1.165, 1.54) is 12.1 Å². The number of halogens is 2. The number of pyridine rings is 1. The highest BCUT2D eigenvalue weighted by atomic mass is 35.5. The second kappa shape index (κ2) is 8.55. The van der Waals surface area contributed by atoms with Crippen LogP contribution in [0, 0.1) is 5.82 Å². The van der Waals surface area contributed by atoms with Crippen molar-refractivity contribution in [2.24, 2.45) is 0 Å². The van der Waals surface area contributed by atoms with E-state index in [9.17, 15) is 4.39 Å². The minimum absolute atomic E-state index is 0.0750. The predicted octanol–water partition coefficient (Wildman–Crippen LogP) is 3.87. The number of aromatic nitrogens is 3. The van der Waals surface area contributed by atoms with E-state index in [1.54, 1.807) is 24.5 Å². The smallest absolute Gasteiger partial charge is 0.225 e. The lowest BCUT2D eigenvalue weighted by Crippen LogP contribution is -2.09. The zero-order valence-corrected chi connectivity index (χ0v) is 14.5. The van der Waals surface area contributed by atoms with Crippen LogP contribution in [0.3, 0.4) is 0 Å². The van der Waals surface area contributed by atoms with Gasteiger partial charge in [0.1, 0.15) is 11.6 Å². The summed E-state index contributed by atoms with van der Waals surface area (Å²) in [6.07, 6.45) is 3.96. The van der Waals surface area contributed by atoms with Gasteiger partial charge in [-0.2, -0.15) is 4.98 Å². The highest BCUT2D eigenvalue weighted by molar-refractivity contribution is 6.33. The monoisotopic (exact) mass is 373 g/mol. The molecule has 3 N–H and O–H groups in total. The van der Waals surface area contributed by atoms with E-state index in [-0.39, 0.29) is 11.6 Å². The minimum atomic E-state index is -0.411. The molecule has 0 unspecified atom stereocenters. The van der Waals surface area contributed by atoms with Gasteiger partial charge >= 0.3 is 0 Å². The van der Waals surface area contributed by atoms with Gasteiger partial charge in [0.15, 0.2) is 0 Å². The summed E-state index contributed by atoms with van der Waals surface area (Å²) in [7, 11) is 0. The number of aliphatic hydroxyl groups excluding tert-OH is 1. The summed E-state index contributed by atoms with van der Waals surface area (Å²) in [5.74, 6) is 0.491. The van der Waals surface area contributed by atoms with Crippen LogP contribution in [-0.4, -0.2) is 33.2 Å². The Hall–Kier alpha value is -2.77. The van der Waals surface area contributed by atoms with E-state index >= 15 is 0 Å². The van der Waals surface area contributed by atoms with Crippen molar-refractivity contribution in [1.82, 2.24) is 15.0 Å². The van der Waals surface area contributed by atoms with Crippen molar-refractivity contribution in [3.05, 3.63) is 59.6 Å². The molecule has 0 spiro atoms. The second-order valence-electron chi connectivity index (χ2n) is 5.46. The highest BCUT2D eigenvalue weighted by Crippen LogP contribution is 2.27. The van der Waals surface area contributed by atoms with E-state index in [4.69, 9.17) is 16.7 Å². The lowest BCUT2D eigenvalue weighted by molar-refractivity contribution is 0.292. The van der Waals surface area contributed by atoms with Crippen molar-refractivity contribution >= 4 is 29.1 Å². The molecule has 3 aromatic rings. The molecule has 3 rings (SSSR count). The molecule has 0 fully saturated rings. The van der Waals surface area contributed by atoms with Crippen LogP contribution >= 0.6 is 11.6 Å². The van der Waals surface area contributed by atoms with Gasteiger partial charge in [-0.25, -0.2) is 9.37 Å². The van der Waals surface area contributed by atoms with Gasteiger partial charge in [0.2, 0.25) is 5.95 Å². The molecule has 0 radical (unpaired) electrons. The topological polar surface area (TPSA) is 83.0 Å². The molecule has 134 valence electrons. The Labute approximate surface area is 155 Å². The number of hydrogen-bond donors (Lipinski definition) is 3. The molecule has 0 atom stereocenters. The number of nitrogens with one attached hydrogen (secondary N) is 2. The van der Waals surface area contributed by atoms with Gasteiger partial charge in [-0.3, -0.25) is 4.98 Å². The Bertz CT molecular complexity index is 879. The molecule has 0 saturated heterocycles. The van der Waals surface area contributed by atoms with E-state index in [2.05, 4.69) is 25.6 Å². The Morgan fingerprint density at radius 3 is 2.77 bits per heavy atom. The minimum Gasteiger partial charge on any atom is -0.396 e. The maximum atomic E-state index is 13.2. The first-order chi connectivity index (χ1) is 12.7. The average molecular weight is 374 g/mol. The van der Waals surface area contributed by atoms with E-state index in [1.807, 2.05) is 12.1 Å². The summed E-state index contributed by atoms with van der Waals surface area (Å²) in [5.41, 5.74) is 2.03. The third-order valence-corrected chi connectivity index (χ3v) is 3.81. The third kappa shape index (κ3) is 4.65. The molecule has 0 aliphatic heterocycles. The fourth-order valence-corrected chi connectivity index (χ4v) is 2.48. The summed E-state index contributed by atoms with van der Waals surface area (Å²) in [6.45, 7) is 0.606. The number of benzene rings is 1. The summed E-state index contributed by atoms with van der Waals surface area (Å²) < 4.78 is 13.2.